The molecule has 0 radical (unpaired) electrons. The van der Waals surface area contributed by atoms with Gasteiger partial charge < -0.3 is 14.8 Å². The molecule has 13 heavy (non-hydrogen) atoms. The summed E-state index contributed by atoms with van der Waals surface area (Å²) in [6, 6.07) is 5.20. The maximum Gasteiger partial charge on any atom is 0.492 e. The molecule has 0 aliphatic carbocycles. The SMILES string of the molecule is [2H]C([2H])([2H])C([2H])(Oc1ccccc1B(O)O)C([2H])([2H])[2H]. The zero-order valence-corrected chi connectivity index (χ0v) is 6.69. The first-order chi connectivity index (χ1) is 8.90. The number of hydrogen-bond donors (Lipinski definition) is 2. The third-order valence-electron chi connectivity index (χ3n) is 1.41. The molecule has 1 aromatic carbocycles. The third kappa shape index (κ3) is 2.75. The molecule has 0 spiro atoms. The Morgan fingerprint density at radius 3 is 2.77 bits per heavy atom. The molecule has 0 fully saturated rings. The van der Waals surface area contributed by atoms with Crippen LogP contribution in [-0.2, 0) is 0 Å². The lowest BCUT2D eigenvalue weighted by Gasteiger charge is -2.13. The molecule has 0 saturated carbocycles. The minimum atomic E-state index is -3.26. The highest BCUT2D eigenvalue weighted by atomic mass is 16.5. The zero-order valence-electron chi connectivity index (χ0n) is 13.7. The molecule has 0 atom stereocenters. The lowest BCUT2D eigenvalue weighted by atomic mass is 9.79. The highest BCUT2D eigenvalue weighted by Gasteiger charge is 2.16. The molecule has 3 nitrogen and oxygen atoms in total. The summed E-state index contributed by atoms with van der Waals surface area (Å²) in [4.78, 5) is 0. The monoisotopic (exact) mass is 187 g/mol. The van der Waals surface area contributed by atoms with Crippen LogP contribution in [0.15, 0.2) is 24.3 Å². The molecule has 0 bridgehead atoms. The summed E-state index contributed by atoms with van der Waals surface area (Å²) in [6.07, 6.45) is -3.22. The van der Waals surface area contributed by atoms with Gasteiger partial charge in [0.1, 0.15) is 5.75 Å². The molecular weight excluding hydrogens is 167 g/mol. The molecular formula is C9H13BO3. The van der Waals surface area contributed by atoms with Crippen molar-refractivity contribution in [1.29, 1.82) is 0 Å². The second-order valence-electron chi connectivity index (χ2n) is 2.34. The quantitative estimate of drug-likeness (QED) is 0.662. The molecule has 0 aliphatic rings. The summed E-state index contributed by atoms with van der Waals surface area (Å²) < 4.78 is 55.8. The highest BCUT2D eigenvalue weighted by molar-refractivity contribution is 6.59. The second kappa shape index (κ2) is 4.30. The molecule has 1 aromatic rings. The molecule has 0 heterocycles. The van der Waals surface area contributed by atoms with Crippen molar-refractivity contribution >= 4 is 12.6 Å². The van der Waals surface area contributed by atoms with Gasteiger partial charge in [0.05, 0.1) is 7.45 Å². The largest absolute Gasteiger partial charge is 0.492 e. The zero-order chi connectivity index (χ0) is 15.8. The van der Waals surface area contributed by atoms with Crippen molar-refractivity contribution in [3.05, 3.63) is 24.3 Å². The van der Waals surface area contributed by atoms with Gasteiger partial charge in [0.25, 0.3) is 0 Å². The number of ether oxygens (including phenoxy) is 1. The first-order valence-corrected chi connectivity index (χ1v) is 3.54. The maximum atomic E-state index is 9.14. The Bertz CT molecular complexity index is 457. The summed E-state index contributed by atoms with van der Waals surface area (Å²) in [5.74, 6) is -0.384. The van der Waals surface area contributed by atoms with Crippen LogP contribution in [0.5, 0.6) is 5.75 Å². The van der Waals surface area contributed by atoms with Gasteiger partial charge >= 0.3 is 7.12 Å². The van der Waals surface area contributed by atoms with Crippen molar-refractivity contribution < 1.29 is 24.4 Å². The number of para-hydroxylation sites is 1. The predicted molar refractivity (Wildman–Crippen MR) is 52.0 cm³/mol. The standard InChI is InChI=1S/C9H13BO3/c1-7(2)13-9-6-4-3-5-8(9)10(11)12/h3-7,11-12H,1-2H3/i1D3,2D3,7D. The fourth-order valence-electron chi connectivity index (χ4n) is 0.897. The lowest BCUT2D eigenvalue weighted by molar-refractivity contribution is 0.243. The molecule has 1 rings (SSSR count). The summed E-state index contributed by atoms with van der Waals surface area (Å²) in [5, 5.41) is 18.3. The summed E-state index contributed by atoms with van der Waals surface area (Å²) in [5.41, 5.74) is -0.224. The fraction of sp³-hybridized carbons (Fsp3) is 0.333. The van der Waals surface area contributed by atoms with Crippen molar-refractivity contribution in [1.82, 2.24) is 0 Å². The molecule has 0 aliphatic heterocycles. The second-order valence-corrected chi connectivity index (χ2v) is 2.34. The van der Waals surface area contributed by atoms with E-state index in [1.54, 1.807) is 0 Å². The van der Waals surface area contributed by atoms with Gasteiger partial charge in [0.2, 0.25) is 0 Å². The van der Waals surface area contributed by atoms with Gasteiger partial charge in [-0.15, -0.1) is 0 Å². The third-order valence-corrected chi connectivity index (χ3v) is 1.41. The van der Waals surface area contributed by atoms with Crippen LogP contribution in [0.2, 0.25) is 0 Å². The average Bonchev–Trinajstić information content (AvgIpc) is 2.26. The van der Waals surface area contributed by atoms with E-state index in [1.165, 1.54) is 18.2 Å². The first-order valence-electron chi connectivity index (χ1n) is 7.04. The Hall–Kier alpha value is -0.995. The van der Waals surface area contributed by atoms with Gasteiger partial charge in [-0.25, -0.2) is 0 Å². The Balaban J connectivity index is 3.30. The Morgan fingerprint density at radius 2 is 2.15 bits per heavy atom. The molecule has 0 saturated heterocycles. The average molecular weight is 187 g/mol. The van der Waals surface area contributed by atoms with E-state index >= 15 is 0 Å². The normalized spacial score (nSPS) is 20.9. The van der Waals surface area contributed by atoms with Gasteiger partial charge in [-0.2, -0.15) is 0 Å². The van der Waals surface area contributed by atoms with Crippen LogP contribution in [0.25, 0.3) is 0 Å². The predicted octanol–water partition coefficient (Wildman–Crippen LogP) is 0.154. The van der Waals surface area contributed by atoms with Gasteiger partial charge in [-0.1, -0.05) is 18.2 Å². The number of hydrogen-bond acceptors (Lipinski definition) is 3. The summed E-state index contributed by atoms with van der Waals surface area (Å²) >= 11 is 0. The minimum Gasteiger partial charge on any atom is -0.491 e. The van der Waals surface area contributed by atoms with Gasteiger partial charge in [-0.05, 0) is 19.8 Å². The van der Waals surface area contributed by atoms with Crippen LogP contribution in [0, 0.1) is 0 Å². The van der Waals surface area contributed by atoms with Crippen molar-refractivity contribution in [2.24, 2.45) is 0 Å². The van der Waals surface area contributed by atoms with E-state index in [2.05, 4.69) is 0 Å². The molecule has 4 heteroatoms. The fourth-order valence-corrected chi connectivity index (χ4v) is 0.897. The van der Waals surface area contributed by atoms with Crippen LogP contribution >= 0.6 is 0 Å². The highest BCUT2D eigenvalue weighted by Crippen LogP contribution is 2.08. The van der Waals surface area contributed by atoms with Crippen molar-refractivity contribution in [3.8, 4) is 5.75 Å². The van der Waals surface area contributed by atoms with Gasteiger partial charge in [0.15, 0.2) is 0 Å². The van der Waals surface area contributed by atoms with Crippen LogP contribution in [0.1, 0.15) is 23.3 Å². The van der Waals surface area contributed by atoms with E-state index in [-0.39, 0.29) is 11.2 Å². The Morgan fingerprint density at radius 1 is 1.46 bits per heavy atom. The molecule has 0 aromatic heterocycles. The smallest absolute Gasteiger partial charge is 0.491 e. The van der Waals surface area contributed by atoms with Crippen molar-refractivity contribution in [2.75, 3.05) is 0 Å². The van der Waals surface area contributed by atoms with E-state index in [0.717, 1.165) is 6.07 Å². The molecule has 70 valence electrons. The molecule has 0 unspecified atom stereocenters. The lowest BCUT2D eigenvalue weighted by Crippen LogP contribution is -2.32. The van der Waals surface area contributed by atoms with Crippen LogP contribution in [0.4, 0.5) is 0 Å². The van der Waals surface area contributed by atoms with E-state index in [0.29, 0.717) is 0 Å². The summed E-state index contributed by atoms with van der Waals surface area (Å²) in [7, 11) is -1.98. The Labute approximate surface area is 88.0 Å². The van der Waals surface area contributed by atoms with Crippen LogP contribution in [0.3, 0.4) is 0 Å². The van der Waals surface area contributed by atoms with Crippen LogP contribution < -0.4 is 10.2 Å². The molecule has 2 N–H and O–H groups in total. The first kappa shape index (κ1) is 4.03. The van der Waals surface area contributed by atoms with E-state index in [4.69, 9.17) is 24.4 Å². The maximum absolute atomic E-state index is 9.14. The van der Waals surface area contributed by atoms with Crippen LogP contribution in [-0.4, -0.2) is 23.2 Å². The van der Waals surface area contributed by atoms with E-state index in [1.807, 2.05) is 0 Å². The van der Waals surface area contributed by atoms with Gasteiger partial charge in [-0.3, -0.25) is 0 Å². The Kier molecular flexibility index (Phi) is 1.33. The van der Waals surface area contributed by atoms with Gasteiger partial charge in [0, 0.05) is 13.7 Å². The topological polar surface area (TPSA) is 49.7 Å². The van der Waals surface area contributed by atoms with E-state index < -0.39 is 26.9 Å². The van der Waals surface area contributed by atoms with E-state index in [9.17, 15) is 0 Å². The minimum absolute atomic E-state index is 0.224. The van der Waals surface area contributed by atoms with Crippen molar-refractivity contribution in [2.45, 2.75) is 19.8 Å². The molecule has 0 amide bonds. The summed E-state index contributed by atoms with van der Waals surface area (Å²) in [6.45, 7) is -6.52. The van der Waals surface area contributed by atoms with Crippen molar-refractivity contribution in [3.63, 3.8) is 0 Å². The number of rotatable bonds is 3. The number of benzene rings is 1.